The molecule has 1 heterocycles. The third-order valence-electron chi connectivity index (χ3n) is 4.04. The van der Waals surface area contributed by atoms with Gasteiger partial charge >= 0.3 is 0 Å². The van der Waals surface area contributed by atoms with E-state index in [2.05, 4.69) is 49.8 Å². The molecule has 3 unspecified atom stereocenters. The largest absolute Gasteiger partial charge is 0.378 e. The van der Waals surface area contributed by atoms with Gasteiger partial charge in [0.1, 0.15) is 0 Å². The zero-order valence-electron chi connectivity index (χ0n) is 11.2. The summed E-state index contributed by atoms with van der Waals surface area (Å²) in [5.74, 6) is 0. The van der Waals surface area contributed by atoms with Crippen LogP contribution < -0.4 is 5.32 Å². The van der Waals surface area contributed by atoms with Crippen molar-refractivity contribution < 1.29 is 4.74 Å². The van der Waals surface area contributed by atoms with Gasteiger partial charge in [0.2, 0.25) is 0 Å². The fourth-order valence-corrected chi connectivity index (χ4v) is 3.33. The highest BCUT2D eigenvalue weighted by molar-refractivity contribution is 7.07. The summed E-state index contributed by atoms with van der Waals surface area (Å²) in [5, 5.41) is 8.09. The van der Waals surface area contributed by atoms with Crippen LogP contribution in [0.3, 0.4) is 0 Å². The van der Waals surface area contributed by atoms with Crippen molar-refractivity contribution in [3.63, 3.8) is 0 Å². The summed E-state index contributed by atoms with van der Waals surface area (Å²) < 4.78 is 5.76. The Bertz CT molecular complexity index is 347. The van der Waals surface area contributed by atoms with Crippen LogP contribution >= 0.6 is 11.3 Å². The Morgan fingerprint density at radius 3 is 2.88 bits per heavy atom. The van der Waals surface area contributed by atoms with Gasteiger partial charge in [-0.2, -0.15) is 11.3 Å². The summed E-state index contributed by atoms with van der Waals surface area (Å²) in [4.78, 5) is 0. The smallest absolute Gasteiger partial charge is 0.0655 e. The lowest BCUT2D eigenvalue weighted by molar-refractivity contribution is -0.116. The first-order chi connectivity index (χ1) is 8.05. The third kappa shape index (κ3) is 2.56. The number of hydrogen-bond acceptors (Lipinski definition) is 3. The molecule has 0 aliphatic heterocycles. The molecule has 1 aliphatic rings. The van der Waals surface area contributed by atoms with Gasteiger partial charge in [-0.15, -0.1) is 0 Å². The van der Waals surface area contributed by atoms with E-state index in [4.69, 9.17) is 4.74 Å². The third-order valence-corrected chi connectivity index (χ3v) is 4.74. The van der Waals surface area contributed by atoms with E-state index in [0.29, 0.717) is 18.2 Å². The van der Waals surface area contributed by atoms with E-state index in [1.54, 1.807) is 11.3 Å². The van der Waals surface area contributed by atoms with Crippen molar-refractivity contribution in [1.29, 1.82) is 0 Å². The van der Waals surface area contributed by atoms with Gasteiger partial charge in [-0.3, -0.25) is 0 Å². The molecule has 0 aromatic carbocycles. The van der Waals surface area contributed by atoms with Gasteiger partial charge in [0.25, 0.3) is 0 Å². The summed E-state index contributed by atoms with van der Waals surface area (Å²) >= 11 is 1.76. The first-order valence-electron chi connectivity index (χ1n) is 6.45. The molecule has 1 aliphatic carbocycles. The zero-order chi connectivity index (χ0) is 12.5. The maximum Gasteiger partial charge on any atom is 0.0655 e. The van der Waals surface area contributed by atoms with Crippen LogP contribution in [0.2, 0.25) is 0 Å². The summed E-state index contributed by atoms with van der Waals surface area (Å²) in [5.41, 5.74) is 1.64. The maximum atomic E-state index is 5.76. The molecule has 17 heavy (non-hydrogen) atoms. The monoisotopic (exact) mass is 253 g/mol. The van der Waals surface area contributed by atoms with E-state index < -0.39 is 0 Å². The van der Waals surface area contributed by atoms with Gasteiger partial charge in [-0.05, 0) is 42.7 Å². The van der Waals surface area contributed by atoms with Crippen LogP contribution in [-0.4, -0.2) is 18.8 Å². The summed E-state index contributed by atoms with van der Waals surface area (Å²) in [6, 6.07) is 3.20. The Morgan fingerprint density at radius 2 is 2.35 bits per heavy atom. The maximum absolute atomic E-state index is 5.76. The Morgan fingerprint density at radius 1 is 1.59 bits per heavy atom. The number of thiophene rings is 1. The molecular weight excluding hydrogens is 230 g/mol. The van der Waals surface area contributed by atoms with Gasteiger partial charge in [0.05, 0.1) is 6.10 Å². The molecule has 0 radical (unpaired) electrons. The average molecular weight is 253 g/mol. The molecule has 3 heteroatoms. The Balaban J connectivity index is 1.89. The molecule has 1 aromatic rings. The molecule has 1 saturated carbocycles. The van der Waals surface area contributed by atoms with E-state index in [-0.39, 0.29) is 5.41 Å². The van der Waals surface area contributed by atoms with Crippen LogP contribution in [0.15, 0.2) is 16.8 Å². The fourth-order valence-electron chi connectivity index (χ4n) is 2.57. The normalized spacial score (nSPS) is 28.7. The second-order valence-corrected chi connectivity index (χ2v) is 6.28. The Kier molecular flexibility index (Phi) is 3.91. The number of nitrogens with one attached hydrogen (secondary N) is 1. The molecule has 96 valence electrons. The molecule has 3 atom stereocenters. The minimum Gasteiger partial charge on any atom is -0.378 e. The van der Waals surface area contributed by atoms with Crippen LogP contribution in [0.5, 0.6) is 0 Å². The van der Waals surface area contributed by atoms with Crippen molar-refractivity contribution in [2.75, 3.05) is 6.61 Å². The van der Waals surface area contributed by atoms with E-state index in [1.165, 1.54) is 5.56 Å². The second kappa shape index (κ2) is 5.09. The highest BCUT2D eigenvalue weighted by Gasteiger charge is 2.49. The molecule has 2 nitrogen and oxygen atoms in total. The van der Waals surface area contributed by atoms with Crippen molar-refractivity contribution in [3.8, 4) is 0 Å². The van der Waals surface area contributed by atoms with Crippen LogP contribution in [0.4, 0.5) is 0 Å². The molecule has 1 aromatic heterocycles. The second-order valence-electron chi connectivity index (χ2n) is 5.50. The quantitative estimate of drug-likeness (QED) is 0.865. The molecule has 1 fully saturated rings. The molecule has 0 spiro atoms. The van der Waals surface area contributed by atoms with E-state index >= 15 is 0 Å². The van der Waals surface area contributed by atoms with Gasteiger partial charge in [0, 0.05) is 24.1 Å². The molecule has 0 bridgehead atoms. The summed E-state index contributed by atoms with van der Waals surface area (Å²) in [6.45, 7) is 9.74. The van der Waals surface area contributed by atoms with Crippen LogP contribution in [0.1, 0.15) is 45.7 Å². The molecule has 1 N–H and O–H groups in total. The summed E-state index contributed by atoms with van der Waals surface area (Å²) in [7, 11) is 0. The van der Waals surface area contributed by atoms with Crippen LogP contribution in [-0.2, 0) is 4.74 Å². The van der Waals surface area contributed by atoms with Crippen LogP contribution in [0, 0.1) is 5.41 Å². The van der Waals surface area contributed by atoms with Gasteiger partial charge in [0.15, 0.2) is 0 Å². The summed E-state index contributed by atoms with van der Waals surface area (Å²) in [6.07, 6.45) is 1.55. The molecule has 2 rings (SSSR count). The van der Waals surface area contributed by atoms with E-state index in [0.717, 1.165) is 13.0 Å². The minimum absolute atomic E-state index is 0.250. The fraction of sp³-hybridized carbons (Fsp3) is 0.714. The number of rotatable bonds is 5. The van der Waals surface area contributed by atoms with Crippen molar-refractivity contribution in [2.45, 2.75) is 52.3 Å². The van der Waals surface area contributed by atoms with Crippen molar-refractivity contribution in [3.05, 3.63) is 22.4 Å². The van der Waals surface area contributed by atoms with Gasteiger partial charge in [-0.25, -0.2) is 0 Å². The van der Waals surface area contributed by atoms with Crippen LogP contribution in [0.25, 0.3) is 0 Å². The Hall–Kier alpha value is -0.380. The minimum atomic E-state index is 0.250. The predicted molar refractivity (Wildman–Crippen MR) is 73.5 cm³/mol. The number of ether oxygens (including phenoxy) is 1. The van der Waals surface area contributed by atoms with Gasteiger partial charge in [-0.1, -0.05) is 13.8 Å². The standard InChI is InChI=1S/C14H23NOS/c1-5-16-13-8-12(14(13,3)4)15-10(2)11-6-7-17-9-11/h6-7,9-10,12-13,15H,5,8H2,1-4H3. The van der Waals surface area contributed by atoms with Crippen molar-refractivity contribution >= 4 is 11.3 Å². The Labute approximate surface area is 108 Å². The predicted octanol–water partition coefficient (Wildman–Crippen LogP) is 3.60. The molecular formula is C14H23NOS. The highest BCUT2D eigenvalue weighted by atomic mass is 32.1. The lowest BCUT2D eigenvalue weighted by Crippen LogP contribution is -2.61. The highest BCUT2D eigenvalue weighted by Crippen LogP contribution is 2.43. The first-order valence-corrected chi connectivity index (χ1v) is 7.39. The number of hydrogen-bond donors (Lipinski definition) is 1. The molecule has 0 saturated heterocycles. The van der Waals surface area contributed by atoms with Crippen molar-refractivity contribution in [1.82, 2.24) is 5.32 Å². The average Bonchev–Trinajstić information content (AvgIpc) is 2.81. The van der Waals surface area contributed by atoms with Crippen molar-refractivity contribution in [2.24, 2.45) is 5.41 Å². The lowest BCUT2D eigenvalue weighted by atomic mass is 9.64. The SMILES string of the molecule is CCOC1CC(NC(C)c2ccsc2)C1(C)C. The van der Waals surface area contributed by atoms with E-state index in [9.17, 15) is 0 Å². The van der Waals surface area contributed by atoms with E-state index in [1.807, 2.05) is 0 Å². The first kappa shape index (κ1) is 13.1. The lowest BCUT2D eigenvalue weighted by Gasteiger charge is -2.52. The topological polar surface area (TPSA) is 21.3 Å². The van der Waals surface area contributed by atoms with Gasteiger partial charge < -0.3 is 10.1 Å². The zero-order valence-corrected chi connectivity index (χ0v) is 12.0. The molecule has 0 amide bonds.